The van der Waals surface area contributed by atoms with Crippen LogP contribution in [0.15, 0.2) is 0 Å². The number of phosphoric ester groups is 1. The largest absolute Gasteiger partial charge is 0.502 e. The van der Waals surface area contributed by atoms with E-state index >= 15 is 0 Å². The van der Waals surface area contributed by atoms with Crippen molar-refractivity contribution < 1.29 is 37.4 Å². The third kappa shape index (κ3) is 2.57. The lowest BCUT2D eigenvalue weighted by Gasteiger charge is -2.35. The molecule has 2 saturated heterocycles. The van der Waals surface area contributed by atoms with Gasteiger partial charge in [-0.2, -0.15) is 0 Å². The molecule has 20 heavy (non-hydrogen) atoms. The van der Waals surface area contributed by atoms with Gasteiger partial charge in [-0.15, -0.1) is 4.67 Å². The van der Waals surface area contributed by atoms with E-state index in [1.165, 1.54) is 14.2 Å². The number of ether oxygens (including phenoxy) is 3. The van der Waals surface area contributed by atoms with Crippen molar-refractivity contribution in [3.8, 4) is 0 Å². The Morgan fingerprint density at radius 2 is 2.05 bits per heavy atom. The summed E-state index contributed by atoms with van der Waals surface area (Å²) < 4.78 is 44.2. The van der Waals surface area contributed by atoms with Gasteiger partial charge in [0.1, 0.15) is 25.7 Å². The Labute approximate surface area is 118 Å². The van der Waals surface area contributed by atoms with Gasteiger partial charge in [0.25, 0.3) is 0 Å². The Balaban J connectivity index is 2.23. The minimum absolute atomic E-state index is 0.209. The summed E-state index contributed by atoms with van der Waals surface area (Å²) in [4.78, 5) is 4.42. The Bertz CT molecular complexity index is 395. The number of hydrogen-bond donors (Lipinski definition) is 0. The van der Waals surface area contributed by atoms with Gasteiger partial charge >= 0.3 is 7.82 Å². The fraction of sp³-hybridized carbons (Fsp3) is 1.00. The van der Waals surface area contributed by atoms with Crippen molar-refractivity contribution in [2.45, 2.75) is 36.8 Å². The summed E-state index contributed by atoms with van der Waals surface area (Å²) >= 11 is 0. The van der Waals surface area contributed by atoms with Crippen LogP contribution < -0.4 is 0 Å². The summed E-state index contributed by atoms with van der Waals surface area (Å²) in [6.45, 7) is 2.10. The molecule has 0 amide bonds. The summed E-state index contributed by atoms with van der Waals surface area (Å²) in [5.74, 6) is 0. The molecule has 0 spiro atoms. The first-order chi connectivity index (χ1) is 9.42. The number of methoxy groups -OCH3 is 1. The fourth-order valence-corrected chi connectivity index (χ4v) is 3.74. The minimum atomic E-state index is -3.84. The normalized spacial score (nSPS) is 42.8. The van der Waals surface area contributed by atoms with Crippen LogP contribution in [0.25, 0.3) is 0 Å². The highest BCUT2D eigenvalue weighted by atomic mass is 31.2. The van der Waals surface area contributed by atoms with Crippen LogP contribution in [0, 0.1) is 0 Å². The maximum atomic E-state index is 12.3. The monoisotopic (exact) mass is 310 g/mol. The summed E-state index contributed by atoms with van der Waals surface area (Å²) in [5, 5.41) is 0. The highest BCUT2D eigenvalue weighted by molar-refractivity contribution is 7.48. The van der Waals surface area contributed by atoms with E-state index in [9.17, 15) is 4.57 Å². The van der Waals surface area contributed by atoms with E-state index in [4.69, 9.17) is 23.3 Å². The molecule has 0 aromatic rings. The number of rotatable bonds is 7. The molecule has 0 aliphatic carbocycles. The van der Waals surface area contributed by atoms with E-state index in [-0.39, 0.29) is 24.8 Å². The summed E-state index contributed by atoms with van der Waals surface area (Å²) in [6, 6.07) is -0.209. The average Bonchev–Trinajstić information content (AvgIpc) is 2.78. The zero-order valence-electron chi connectivity index (χ0n) is 12.2. The maximum Gasteiger partial charge on any atom is 0.502 e. The zero-order valence-corrected chi connectivity index (χ0v) is 13.1. The van der Waals surface area contributed by atoms with Crippen LogP contribution in [0.5, 0.6) is 0 Å². The second-order valence-corrected chi connectivity index (χ2v) is 6.47. The summed E-state index contributed by atoms with van der Waals surface area (Å²) in [7, 11) is 2.01. The first-order valence-corrected chi connectivity index (χ1v) is 7.77. The quantitative estimate of drug-likeness (QED) is 0.278. The summed E-state index contributed by atoms with van der Waals surface area (Å²) in [5.41, 5.74) is -0.843. The second-order valence-electron chi connectivity index (χ2n) is 4.85. The Morgan fingerprint density at radius 3 is 2.60 bits per heavy atom. The van der Waals surface area contributed by atoms with Gasteiger partial charge in [-0.05, 0) is 6.92 Å². The zero-order chi connectivity index (χ0) is 15.0. The first kappa shape index (κ1) is 16.4. The van der Waals surface area contributed by atoms with E-state index in [1.807, 2.05) is 14.8 Å². The van der Waals surface area contributed by atoms with E-state index in [0.717, 1.165) is 0 Å². The van der Waals surface area contributed by atoms with Crippen LogP contribution in [0.4, 0.5) is 0 Å². The number of hydrogen-bond acceptors (Lipinski definition) is 8. The average molecular weight is 310 g/mol. The third-order valence-electron chi connectivity index (χ3n) is 3.70. The number of phosphoric acid groups is 1. The van der Waals surface area contributed by atoms with Gasteiger partial charge in [0.15, 0.2) is 0 Å². The molecule has 0 saturated carbocycles. The SMILES string of the molecule is BC1O[C@@]2(COC)C(OP(=O)(OC)OOC)[C@@H]1O[C@H]2C. The Morgan fingerprint density at radius 1 is 1.35 bits per heavy atom. The van der Waals surface area contributed by atoms with Crippen LogP contribution in [0.3, 0.4) is 0 Å². The van der Waals surface area contributed by atoms with E-state index in [1.54, 1.807) is 7.11 Å². The van der Waals surface area contributed by atoms with Gasteiger partial charge in [-0.25, -0.2) is 9.45 Å². The van der Waals surface area contributed by atoms with Gasteiger partial charge in [0.2, 0.25) is 0 Å². The lowest BCUT2D eigenvalue weighted by atomic mass is 9.91. The lowest BCUT2D eigenvalue weighted by molar-refractivity contribution is -0.207. The molecule has 0 N–H and O–H groups in total. The van der Waals surface area contributed by atoms with Gasteiger partial charge < -0.3 is 14.2 Å². The lowest BCUT2D eigenvalue weighted by Crippen LogP contribution is -2.50. The standard InChI is InChI=1S/C10H20BO8P/c1-6-10(5-13-2)8(7(16-6)9(11)17-10)18-20(12,15-4)19-14-3/h6-9H,5,11H2,1-4H3/t6-,7-,8?,9?,10+,20?/m0/s1. The van der Waals surface area contributed by atoms with Crippen molar-refractivity contribution in [1.82, 2.24) is 0 Å². The molecule has 2 rings (SSSR count). The molecule has 6 atom stereocenters. The highest BCUT2D eigenvalue weighted by Crippen LogP contribution is 2.56. The Kier molecular flexibility index (Phi) is 4.93. The molecule has 10 heteroatoms. The maximum absolute atomic E-state index is 12.3. The van der Waals surface area contributed by atoms with Crippen LogP contribution in [-0.4, -0.2) is 65.7 Å². The van der Waals surface area contributed by atoms with Crippen LogP contribution in [0.1, 0.15) is 6.92 Å². The van der Waals surface area contributed by atoms with Crippen LogP contribution >= 0.6 is 7.82 Å². The molecule has 2 aliphatic heterocycles. The molecule has 0 aromatic carbocycles. The minimum Gasteiger partial charge on any atom is -0.381 e. The van der Waals surface area contributed by atoms with Gasteiger partial charge in [-0.3, -0.25) is 9.05 Å². The van der Waals surface area contributed by atoms with Crippen molar-refractivity contribution in [3.05, 3.63) is 0 Å². The molecule has 0 radical (unpaired) electrons. The van der Waals surface area contributed by atoms with Crippen molar-refractivity contribution in [3.63, 3.8) is 0 Å². The van der Waals surface area contributed by atoms with Gasteiger partial charge in [-0.1, -0.05) is 0 Å². The molecule has 2 fully saturated rings. The van der Waals surface area contributed by atoms with Gasteiger partial charge in [0, 0.05) is 14.2 Å². The third-order valence-corrected chi connectivity index (χ3v) is 4.96. The topological polar surface area (TPSA) is 81.7 Å². The predicted octanol–water partition coefficient (Wildman–Crippen LogP) is -0.134. The molecule has 2 heterocycles. The predicted molar refractivity (Wildman–Crippen MR) is 69.9 cm³/mol. The Hall–Kier alpha value is 0.0149. The van der Waals surface area contributed by atoms with Crippen molar-refractivity contribution in [2.24, 2.45) is 0 Å². The smallest absolute Gasteiger partial charge is 0.381 e. The van der Waals surface area contributed by atoms with E-state index in [0.29, 0.717) is 0 Å². The second kappa shape index (κ2) is 6.02. The molecule has 2 aliphatic rings. The van der Waals surface area contributed by atoms with Crippen molar-refractivity contribution in [1.29, 1.82) is 0 Å². The molecule has 116 valence electrons. The summed E-state index contributed by atoms with van der Waals surface area (Å²) in [6.07, 6.45) is -1.26. The highest BCUT2D eigenvalue weighted by Gasteiger charge is 2.66. The first-order valence-electron chi connectivity index (χ1n) is 6.31. The van der Waals surface area contributed by atoms with Crippen LogP contribution in [-0.2, 0) is 37.4 Å². The van der Waals surface area contributed by atoms with E-state index < -0.39 is 19.5 Å². The molecular formula is C10H20BO8P. The van der Waals surface area contributed by atoms with Crippen molar-refractivity contribution in [2.75, 3.05) is 27.9 Å². The van der Waals surface area contributed by atoms with E-state index in [2.05, 4.69) is 9.56 Å². The van der Waals surface area contributed by atoms with Gasteiger partial charge in [0.05, 0.1) is 25.8 Å². The molecule has 2 bridgehead atoms. The number of fused-ring (bicyclic) bond motifs is 2. The molecular weight excluding hydrogens is 290 g/mol. The molecule has 0 aromatic heterocycles. The molecule has 3 unspecified atom stereocenters. The van der Waals surface area contributed by atoms with Crippen LogP contribution in [0.2, 0.25) is 0 Å². The fourth-order valence-electron chi connectivity index (χ4n) is 2.79. The molecule has 8 nitrogen and oxygen atoms in total. The van der Waals surface area contributed by atoms with Crippen molar-refractivity contribution >= 4 is 15.7 Å².